The van der Waals surface area contributed by atoms with E-state index in [0.29, 0.717) is 43.0 Å². The number of carbonyl (C=O) groups is 2. The molecule has 0 spiro atoms. The Balaban J connectivity index is 1.36. The van der Waals surface area contributed by atoms with Crippen molar-refractivity contribution in [3.8, 4) is 0 Å². The van der Waals surface area contributed by atoms with Crippen LogP contribution in [0.15, 0.2) is 30.6 Å². The first kappa shape index (κ1) is 21.3. The number of anilines is 2. The number of β-amino-alcohol motifs (C(OH)–C–C–N with tert-alkyl or cyclic N) is 1. The van der Waals surface area contributed by atoms with Gasteiger partial charge in [-0.15, -0.1) is 11.3 Å². The highest BCUT2D eigenvalue weighted by Crippen LogP contribution is 2.40. The average Bonchev–Trinajstić information content (AvgIpc) is 3.07. The number of amides is 2. The zero-order valence-corrected chi connectivity index (χ0v) is 17.9. The van der Waals surface area contributed by atoms with Crippen LogP contribution in [0.4, 0.5) is 15.5 Å². The summed E-state index contributed by atoms with van der Waals surface area (Å²) in [6.45, 7) is 0.939. The second-order valence-corrected chi connectivity index (χ2v) is 8.95. The van der Waals surface area contributed by atoms with E-state index in [1.807, 2.05) is 6.07 Å². The molecule has 8 nitrogen and oxygen atoms in total. The first-order valence-electron chi connectivity index (χ1n) is 10.4. The maximum Gasteiger partial charge on any atom is 0.410 e. The van der Waals surface area contributed by atoms with Gasteiger partial charge in [0.2, 0.25) is 5.91 Å². The zero-order chi connectivity index (χ0) is 21.8. The molecule has 2 unspecified atom stereocenters. The van der Waals surface area contributed by atoms with Gasteiger partial charge in [0.1, 0.15) is 11.1 Å². The minimum Gasteiger partial charge on any atom is -0.446 e. The fourth-order valence-corrected chi connectivity index (χ4v) is 5.15. The number of thiophene rings is 1. The predicted molar refractivity (Wildman–Crippen MR) is 120 cm³/mol. The van der Waals surface area contributed by atoms with Crippen molar-refractivity contribution in [3.05, 3.63) is 46.6 Å². The number of pyridine rings is 1. The van der Waals surface area contributed by atoms with Gasteiger partial charge in [-0.25, -0.2) is 4.79 Å². The summed E-state index contributed by atoms with van der Waals surface area (Å²) in [6.07, 6.45) is 8.88. The minimum absolute atomic E-state index is 0.230. The molecule has 2 atom stereocenters. The number of aromatic nitrogens is 1. The Morgan fingerprint density at radius 3 is 3.03 bits per heavy atom. The van der Waals surface area contributed by atoms with Gasteiger partial charge < -0.3 is 25.8 Å². The molecule has 0 bridgehead atoms. The fourth-order valence-electron chi connectivity index (χ4n) is 3.91. The lowest BCUT2D eigenvalue weighted by atomic mass is 9.95. The summed E-state index contributed by atoms with van der Waals surface area (Å²) >= 11 is 1.43. The van der Waals surface area contributed by atoms with Crippen LogP contribution in [-0.4, -0.2) is 52.3 Å². The van der Waals surface area contributed by atoms with Crippen LogP contribution in [0.5, 0.6) is 0 Å². The first-order valence-corrected chi connectivity index (χ1v) is 11.2. The molecule has 0 aromatic carbocycles. The predicted octanol–water partition coefficient (Wildman–Crippen LogP) is 2.83. The van der Waals surface area contributed by atoms with Crippen molar-refractivity contribution in [3.63, 3.8) is 0 Å². The molecule has 2 aliphatic rings. The first-order chi connectivity index (χ1) is 15.0. The number of nitrogens with two attached hydrogens (primary N) is 1. The highest BCUT2D eigenvalue weighted by Gasteiger charge is 2.30. The lowest BCUT2D eigenvalue weighted by molar-refractivity contribution is -0.111. The van der Waals surface area contributed by atoms with E-state index < -0.39 is 6.10 Å². The fraction of sp³-hybridized carbons (Fsp3) is 0.409. The maximum absolute atomic E-state index is 12.4. The van der Waals surface area contributed by atoms with Gasteiger partial charge in [0.05, 0.1) is 11.8 Å². The number of rotatable bonds is 4. The number of likely N-dealkylation sites (tertiary alicyclic amines) is 1. The molecule has 1 aliphatic heterocycles. The smallest absolute Gasteiger partial charge is 0.410 e. The Kier molecular flexibility index (Phi) is 6.53. The summed E-state index contributed by atoms with van der Waals surface area (Å²) in [7, 11) is 0. The number of aliphatic hydroxyl groups is 1. The molecule has 1 aliphatic carbocycles. The molecule has 4 N–H and O–H groups in total. The number of aliphatic hydroxyl groups excluding tert-OH is 1. The van der Waals surface area contributed by atoms with Crippen molar-refractivity contribution >= 4 is 40.1 Å². The molecule has 9 heteroatoms. The van der Waals surface area contributed by atoms with Crippen LogP contribution in [0.1, 0.15) is 35.3 Å². The summed E-state index contributed by atoms with van der Waals surface area (Å²) in [5.74, 6) is -0.263. The number of nitrogens with zero attached hydrogens (tertiary/aromatic N) is 2. The largest absolute Gasteiger partial charge is 0.446 e. The van der Waals surface area contributed by atoms with E-state index >= 15 is 0 Å². The van der Waals surface area contributed by atoms with Crippen molar-refractivity contribution in [1.82, 2.24) is 9.88 Å². The summed E-state index contributed by atoms with van der Waals surface area (Å²) in [5.41, 5.74) is 8.73. The third-order valence-electron chi connectivity index (χ3n) is 5.53. The maximum atomic E-state index is 12.4. The van der Waals surface area contributed by atoms with Gasteiger partial charge in [-0.2, -0.15) is 0 Å². The molecule has 31 heavy (non-hydrogen) atoms. The van der Waals surface area contributed by atoms with Gasteiger partial charge in [-0.1, -0.05) is 6.07 Å². The molecule has 0 saturated carbocycles. The van der Waals surface area contributed by atoms with Crippen LogP contribution < -0.4 is 11.1 Å². The lowest BCUT2D eigenvalue weighted by Gasteiger charge is -2.31. The Bertz CT molecular complexity index is 975. The van der Waals surface area contributed by atoms with Crippen molar-refractivity contribution in [1.29, 1.82) is 0 Å². The minimum atomic E-state index is -0.477. The van der Waals surface area contributed by atoms with Gasteiger partial charge >= 0.3 is 6.09 Å². The molecule has 164 valence electrons. The highest BCUT2D eigenvalue weighted by atomic mass is 32.1. The Hall–Kier alpha value is -2.91. The van der Waals surface area contributed by atoms with Crippen LogP contribution in [0.3, 0.4) is 0 Å². The number of ether oxygens (including phenoxy) is 1. The monoisotopic (exact) mass is 442 g/mol. The van der Waals surface area contributed by atoms with E-state index in [0.717, 1.165) is 28.8 Å². The van der Waals surface area contributed by atoms with Gasteiger partial charge in [0.25, 0.3) is 0 Å². The number of nitrogen functional groups attached to an aromatic ring is 1. The Morgan fingerprint density at radius 1 is 1.39 bits per heavy atom. The summed E-state index contributed by atoms with van der Waals surface area (Å²) in [5, 5.41) is 13.2. The summed E-state index contributed by atoms with van der Waals surface area (Å²) < 4.78 is 5.69. The lowest BCUT2D eigenvalue weighted by Crippen LogP contribution is -2.44. The molecule has 1 fully saturated rings. The summed E-state index contributed by atoms with van der Waals surface area (Å²) in [4.78, 5) is 31.4. The van der Waals surface area contributed by atoms with E-state index in [1.165, 1.54) is 17.4 Å². The number of fused-ring (bicyclic) bond motifs is 1. The number of carbonyl (C=O) groups excluding carboxylic acids is 2. The van der Waals surface area contributed by atoms with E-state index in [-0.39, 0.29) is 18.1 Å². The molecule has 3 heterocycles. The average molecular weight is 443 g/mol. The van der Waals surface area contributed by atoms with E-state index in [2.05, 4.69) is 10.3 Å². The standard InChI is InChI=1S/C22H26N4O4S/c23-20-17-7-6-16(30-22(29)26-10-2-4-15(27)13-26)11-18(17)31-21(20)25-19(28)8-5-14-3-1-9-24-12-14/h1,3,5,8-9,12,15-16,27H,2,4,6-7,10-11,13,23H2,(H,25,28)/b8-5+. The Morgan fingerprint density at radius 2 is 2.26 bits per heavy atom. The molecule has 2 aromatic rings. The normalized spacial score (nSPS) is 21.0. The van der Waals surface area contributed by atoms with Crippen LogP contribution in [0.25, 0.3) is 6.08 Å². The van der Waals surface area contributed by atoms with Crippen LogP contribution in [0, 0.1) is 0 Å². The number of hydrogen-bond donors (Lipinski definition) is 3. The number of hydrogen-bond acceptors (Lipinski definition) is 7. The SMILES string of the molecule is Nc1c(NC(=O)/C=C/c2cccnc2)sc2c1CCC(OC(=O)N1CCCC(O)C1)C2. The molecule has 2 aromatic heterocycles. The van der Waals surface area contributed by atoms with Crippen LogP contribution >= 0.6 is 11.3 Å². The molecule has 4 rings (SSSR count). The quantitative estimate of drug-likeness (QED) is 0.627. The zero-order valence-electron chi connectivity index (χ0n) is 17.1. The van der Waals surface area contributed by atoms with Crippen molar-refractivity contribution in [2.45, 2.75) is 44.3 Å². The van der Waals surface area contributed by atoms with E-state index in [4.69, 9.17) is 10.5 Å². The van der Waals surface area contributed by atoms with Crippen molar-refractivity contribution in [2.24, 2.45) is 0 Å². The van der Waals surface area contributed by atoms with E-state index in [1.54, 1.807) is 29.4 Å². The molecule has 0 radical (unpaired) electrons. The molecular weight excluding hydrogens is 416 g/mol. The van der Waals surface area contributed by atoms with Gasteiger partial charge in [0, 0.05) is 42.9 Å². The van der Waals surface area contributed by atoms with E-state index in [9.17, 15) is 14.7 Å². The topological polar surface area (TPSA) is 118 Å². The third kappa shape index (κ3) is 5.23. The highest BCUT2D eigenvalue weighted by molar-refractivity contribution is 7.17. The van der Waals surface area contributed by atoms with Crippen LogP contribution in [-0.2, 0) is 22.4 Å². The molecule has 2 amide bonds. The van der Waals surface area contributed by atoms with Gasteiger partial charge in [0.15, 0.2) is 0 Å². The number of piperidine rings is 1. The van der Waals surface area contributed by atoms with Crippen molar-refractivity contribution in [2.75, 3.05) is 24.1 Å². The Labute approximate surface area is 184 Å². The third-order valence-corrected chi connectivity index (χ3v) is 6.72. The van der Waals surface area contributed by atoms with Gasteiger partial charge in [-0.05, 0) is 49.0 Å². The second-order valence-electron chi connectivity index (χ2n) is 7.85. The van der Waals surface area contributed by atoms with Crippen LogP contribution in [0.2, 0.25) is 0 Å². The summed E-state index contributed by atoms with van der Waals surface area (Å²) in [6, 6.07) is 3.67. The molecule has 1 saturated heterocycles. The number of nitrogens with one attached hydrogen (secondary N) is 1. The van der Waals surface area contributed by atoms with Crippen molar-refractivity contribution < 1.29 is 19.4 Å². The molecular formula is C22H26N4O4S. The van der Waals surface area contributed by atoms with Gasteiger partial charge in [-0.3, -0.25) is 9.78 Å². The second kappa shape index (κ2) is 9.49.